The van der Waals surface area contributed by atoms with Gasteiger partial charge in [-0.25, -0.2) is 4.79 Å². The molecule has 2 amide bonds. The van der Waals surface area contributed by atoms with E-state index >= 15 is 0 Å². The lowest BCUT2D eigenvalue weighted by molar-refractivity contribution is 0.189. The van der Waals surface area contributed by atoms with E-state index < -0.39 is 0 Å². The molecule has 2 aliphatic rings. The molecule has 0 aromatic heterocycles. The van der Waals surface area contributed by atoms with Gasteiger partial charge in [0.2, 0.25) is 0 Å². The molecule has 2 saturated heterocycles. The number of hydrogen-bond acceptors (Lipinski definition) is 3. The van der Waals surface area contributed by atoms with Crippen molar-refractivity contribution in [1.82, 2.24) is 10.2 Å². The molecule has 5 nitrogen and oxygen atoms in total. The summed E-state index contributed by atoms with van der Waals surface area (Å²) in [5, 5.41) is 12.7. The third kappa shape index (κ3) is 2.77. The zero-order valence-electron chi connectivity index (χ0n) is 11.7. The molecular weight excluding hydrogens is 288 g/mol. The summed E-state index contributed by atoms with van der Waals surface area (Å²) < 4.78 is 0. The third-order valence-corrected chi connectivity index (χ3v) is 4.38. The monoisotopic (exact) mass is 304 g/mol. The molecule has 0 unspecified atom stereocenters. The number of carbonyl (C=O) groups excluding carboxylic acids is 1. The molecule has 1 aromatic carbocycles. The molecule has 3 rings (SSSR count). The van der Waals surface area contributed by atoms with Crippen molar-refractivity contribution < 1.29 is 4.79 Å². The van der Waals surface area contributed by atoms with Gasteiger partial charge in [-0.15, -0.1) is 0 Å². The normalized spacial score (nSPS) is 22.1. The van der Waals surface area contributed by atoms with Crippen LogP contribution in [0.3, 0.4) is 0 Å². The SMILES string of the molecule is N#Cc1cc(Cl)ccc1N1CCC[C@@H](N2CCNC2=O)C1. The molecule has 2 fully saturated rings. The van der Waals surface area contributed by atoms with Crippen molar-refractivity contribution >= 4 is 23.3 Å². The van der Waals surface area contributed by atoms with Gasteiger partial charge in [0.25, 0.3) is 0 Å². The Kier molecular flexibility index (Phi) is 3.89. The first kappa shape index (κ1) is 14.0. The maximum atomic E-state index is 11.8. The van der Waals surface area contributed by atoms with Crippen molar-refractivity contribution in [2.24, 2.45) is 0 Å². The summed E-state index contributed by atoms with van der Waals surface area (Å²) in [6.07, 6.45) is 2.03. The van der Waals surface area contributed by atoms with E-state index in [1.165, 1.54) is 0 Å². The van der Waals surface area contributed by atoms with Gasteiger partial charge in [-0.2, -0.15) is 5.26 Å². The first-order chi connectivity index (χ1) is 10.2. The lowest BCUT2D eigenvalue weighted by Gasteiger charge is -2.38. The molecule has 21 heavy (non-hydrogen) atoms. The molecule has 1 N–H and O–H groups in total. The summed E-state index contributed by atoms with van der Waals surface area (Å²) in [6.45, 7) is 3.16. The highest BCUT2D eigenvalue weighted by atomic mass is 35.5. The second-order valence-electron chi connectivity index (χ2n) is 5.44. The van der Waals surface area contributed by atoms with Crippen molar-refractivity contribution in [3.8, 4) is 6.07 Å². The van der Waals surface area contributed by atoms with Crippen LogP contribution in [0.4, 0.5) is 10.5 Å². The van der Waals surface area contributed by atoms with E-state index in [1.54, 1.807) is 6.07 Å². The number of piperidine rings is 1. The molecule has 0 saturated carbocycles. The van der Waals surface area contributed by atoms with Gasteiger partial charge in [-0.1, -0.05) is 11.6 Å². The van der Waals surface area contributed by atoms with E-state index in [9.17, 15) is 10.1 Å². The number of nitriles is 1. The number of urea groups is 1. The molecule has 0 aliphatic carbocycles. The highest BCUT2D eigenvalue weighted by Crippen LogP contribution is 2.28. The molecule has 110 valence electrons. The summed E-state index contributed by atoms with van der Waals surface area (Å²) in [7, 11) is 0. The molecule has 6 heteroatoms. The minimum Gasteiger partial charge on any atom is -0.368 e. The summed E-state index contributed by atoms with van der Waals surface area (Å²) in [5.74, 6) is 0. The Bertz CT molecular complexity index is 598. The van der Waals surface area contributed by atoms with Crippen molar-refractivity contribution in [2.75, 3.05) is 31.1 Å². The van der Waals surface area contributed by atoms with Crippen LogP contribution in [-0.2, 0) is 0 Å². The van der Waals surface area contributed by atoms with Crippen molar-refractivity contribution in [3.63, 3.8) is 0 Å². The third-order valence-electron chi connectivity index (χ3n) is 4.15. The summed E-state index contributed by atoms with van der Waals surface area (Å²) in [5.41, 5.74) is 1.50. The number of nitrogens with zero attached hydrogens (tertiary/aromatic N) is 3. The van der Waals surface area contributed by atoms with Gasteiger partial charge in [0.15, 0.2) is 0 Å². The maximum absolute atomic E-state index is 11.8. The van der Waals surface area contributed by atoms with Gasteiger partial charge in [-0.3, -0.25) is 0 Å². The predicted molar refractivity (Wildman–Crippen MR) is 81.5 cm³/mol. The Labute approximate surface area is 129 Å². The van der Waals surface area contributed by atoms with Gasteiger partial charge in [0, 0.05) is 31.2 Å². The molecule has 0 spiro atoms. The van der Waals surface area contributed by atoms with Crippen molar-refractivity contribution in [2.45, 2.75) is 18.9 Å². The topological polar surface area (TPSA) is 59.4 Å². The first-order valence-corrected chi connectivity index (χ1v) is 7.56. The number of carbonyl (C=O) groups is 1. The van der Waals surface area contributed by atoms with Crippen LogP contribution in [0.15, 0.2) is 18.2 Å². The zero-order chi connectivity index (χ0) is 14.8. The van der Waals surface area contributed by atoms with Gasteiger partial charge in [-0.05, 0) is 31.0 Å². The van der Waals surface area contributed by atoms with E-state index in [0.29, 0.717) is 10.6 Å². The van der Waals surface area contributed by atoms with E-state index in [-0.39, 0.29) is 12.1 Å². The van der Waals surface area contributed by atoms with Crippen LogP contribution in [0.5, 0.6) is 0 Å². The molecule has 2 heterocycles. The second kappa shape index (κ2) is 5.82. The average Bonchev–Trinajstić information content (AvgIpc) is 2.93. The number of benzene rings is 1. The highest BCUT2D eigenvalue weighted by molar-refractivity contribution is 6.30. The van der Waals surface area contributed by atoms with Crippen LogP contribution in [0.25, 0.3) is 0 Å². The number of hydrogen-bond donors (Lipinski definition) is 1. The summed E-state index contributed by atoms with van der Waals surface area (Å²) in [6, 6.07) is 7.85. The van der Waals surface area contributed by atoms with Gasteiger partial charge in [0.05, 0.1) is 17.3 Å². The Morgan fingerprint density at radius 3 is 2.95 bits per heavy atom. The number of anilines is 1. The maximum Gasteiger partial charge on any atom is 0.317 e. The lowest BCUT2D eigenvalue weighted by atomic mass is 10.0. The molecule has 0 bridgehead atoms. The predicted octanol–water partition coefficient (Wildman–Crippen LogP) is 2.21. The van der Waals surface area contributed by atoms with E-state index in [0.717, 1.165) is 44.7 Å². The average molecular weight is 305 g/mol. The first-order valence-electron chi connectivity index (χ1n) is 7.18. The smallest absolute Gasteiger partial charge is 0.317 e. The number of nitrogens with one attached hydrogen (secondary N) is 1. The van der Waals surface area contributed by atoms with Crippen LogP contribution in [0, 0.1) is 11.3 Å². The number of amides is 2. The van der Waals surface area contributed by atoms with Gasteiger partial charge >= 0.3 is 6.03 Å². The van der Waals surface area contributed by atoms with E-state index in [2.05, 4.69) is 16.3 Å². The summed E-state index contributed by atoms with van der Waals surface area (Å²) >= 11 is 5.96. The van der Waals surface area contributed by atoms with Crippen LogP contribution in [-0.4, -0.2) is 43.2 Å². The summed E-state index contributed by atoms with van der Waals surface area (Å²) in [4.78, 5) is 15.9. The molecule has 0 radical (unpaired) electrons. The quantitative estimate of drug-likeness (QED) is 0.911. The fraction of sp³-hybridized carbons (Fsp3) is 0.467. The standard InChI is InChI=1S/C15H17ClN4O/c16-12-3-4-14(11(8-12)9-17)19-6-1-2-13(10-19)20-7-5-18-15(20)21/h3-4,8,13H,1-2,5-7,10H2,(H,18,21)/t13-/m1/s1. The minimum atomic E-state index is 0.0264. The van der Waals surface area contributed by atoms with Gasteiger partial charge in [0.1, 0.15) is 6.07 Å². The number of rotatable bonds is 2. The Hall–Kier alpha value is -1.93. The Morgan fingerprint density at radius 2 is 2.24 bits per heavy atom. The van der Waals surface area contributed by atoms with E-state index in [4.69, 9.17) is 11.6 Å². The lowest BCUT2D eigenvalue weighted by Crippen LogP contribution is -2.49. The van der Waals surface area contributed by atoms with Crippen LogP contribution < -0.4 is 10.2 Å². The minimum absolute atomic E-state index is 0.0264. The van der Waals surface area contributed by atoms with E-state index in [1.807, 2.05) is 17.0 Å². The molecule has 2 aliphatic heterocycles. The van der Waals surface area contributed by atoms with Crippen LogP contribution >= 0.6 is 11.6 Å². The fourth-order valence-corrected chi connectivity index (χ4v) is 3.31. The van der Waals surface area contributed by atoms with Crippen molar-refractivity contribution in [1.29, 1.82) is 5.26 Å². The van der Waals surface area contributed by atoms with Gasteiger partial charge < -0.3 is 15.1 Å². The van der Waals surface area contributed by atoms with Crippen LogP contribution in [0.2, 0.25) is 5.02 Å². The number of halogens is 1. The largest absolute Gasteiger partial charge is 0.368 e. The highest BCUT2D eigenvalue weighted by Gasteiger charge is 2.31. The Morgan fingerprint density at radius 1 is 1.38 bits per heavy atom. The Balaban J connectivity index is 1.80. The molecule has 1 atom stereocenters. The second-order valence-corrected chi connectivity index (χ2v) is 5.88. The zero-order valence-corrected chi connectivity index (χ0v) is 12.4. The molecule has 1 aromatic rings. The van der Waals surface area contributed by atoms with Crippen LogP contribution in [0.1, 0.15) is 18.4 Å². The fourth-order valence-electron chi connectivity index (χ4n) is 3.14. The molecular formula is C15H17ClN4O. The van der Waals surface area contributed by atoms with Crippen molar-refractivity contribution in [3.05, 3.63) is 28.8 Å².